The summed E-state index contributed by atoms with van der Waals surface area (Å²) in [7, 11) is 0. The van der Waals surface area contributed by atoms with Crippen LogP contribution in [0.4, 0.5) is 0 Å². The summed E-state index contributed by atoms with van der Waals surface area (Å²) in [4.78, 5) is 0. The second kappa shape index (κ2) is 9.36. The molecule has 0 aromatic rings. The fraction of sp³-hybridized carbons (Fsp3) is 0.875. The third-order valence-electron chi connectivity index (χ3n) is 3.86. The monoisotopic (exact) mass is 267 g/mol. The Morgan fingerprint density at radius 3 is 2.68 bits per heavy atom. The van der Waals surface area contributed by atoms with Crippen LogP contribution in [-0.2, 0) is 9.47 Å². The van der Waals surface area contributed by atoms with Crippen molar-refractivity contribution in [1.29, 1.82) is 0 Å². The molecule has 1 fully saturated rings. The first-order valence-corrected chi connectivity index (χ1v) is 7.67. The zero-order valence-electron chi connectivity index (χ0n) is 12.5. The van der Waals surface area contributed by atoms with E-state index in [1.807, 2.05) is 0 Å². The van der Waals surface area contributed by atoms with Crippen LogP contribution in [0.2, 0.25) is 0 Å². The van der Waals surface area contributed by atoms with E-state index in [1.165, 1.54) is 0 Å². The molecule has 1 aliphatic heterocycles. The van der Waals surface area contributed by atoms with Gasteiger partial charge < -0.3 is 14.8 Å². The number of unbranched alkanes of at least 4 members (excludes halogenated alkanes) is 1. The van der Waals surface area contributed by atoms with Gasteiger partial charge in [0.15, 0.2) is 0 Å². The predicted octanol–water partition coefficient (Wildman–Crippen LogP) is 2.74. The normalized spacial score (nSPS) is 19.8. The van der Waals surface area contributed by atoms with Crippen molar-refractivity contribution in [1.82, 2.24) is 5.32 Å². The van der Waals surface area contributed by atoms with Gasteiger partial charge in [0.1, 0.15) is 0 Å². The highest BCUT2D eigenvalue weighted by Crippen LogP contribution is 2.31. The van der Waals surface area contributed by atoms with Gasteiger partial charge in [-0.2, -0.15) is 0 Å². The van der Waals surface area contributed by atoms with Crippen molar-refractivity contribution in [3.63, 3.8) is 0 Å². The summed E-state index contributed by atoms with van der Waals surface area (Å²) in [5, 5.41) is 3.67. The Morgan fingerprint density at radius 2 is 2.11 bits per heavy atom. The van der Waals surface area contributed by atoms with Gasteiger partial charge in [0, 0.05) is 45.1 Å². The Balaban J connectivity index is 2.67. The Labute approximate surface area is 118 Å². The molecule has 0 bridgehead atoms. The molecule has 110 valence electrons. The molecule has 0 aromatic heterocycles. The minimum atomic E-state index is -0.0588. The lowest BCUT2D eigenvalue weighted by Gasteiger charge is -2.43. The first-order chi connectivity index (χ1) is 9.29. The molecule has 0 radical (unpaired) electrons. The van der Waals surface area contributed by atoms with E-state index in [0.717, 1.165) is 64.9 Å². The first-order valence-electron chi connectivity index (χ1n) is 7.67. The van der Waals surface area contributed by atoms with E-state index in [-0.39, 0.29) is 5.60 Å². The molecule has 3 nitrogen and oxygen atoms in total. The maximum Gasteiger partial charge on any atom is 0.0878 e. The highest BCUT2D eigenvalue weighted by molar-refractivity contribution is 4.96. The summed E-state index contributed by atoms with van der Waals surface area (Å²) in [6.45, 7) is 7.69. The van der Waals surface area contributed by atoms with Gasteiger partial charge in [0.05, 0.1) is 5.60 Å². The number of hydrogen-bond donors (Lipinski definition) is 1. The van der Waals surface area contributed by atoms with Gasteiger partial charge in [-0.05, 0) is 32.7 Å². The van der Waals surface area contributed by atoms with E-state index in [9.17, 15) is 0 Å². The van der Waals surface area contributed by atoms with Gasteiger partial charge in [-0.1, -0.05) is 6.92 Å². The number of nitrogens with one attached hydrogen (secondary N) is 1. The van der Waals surface area contributed by atoms with Crippen molar-refractivity contribution in [2.75, 3.05) is 26.4 Å². The van der Waals surface area contributed by atoms with Crippen LogP contribution in [0.15, 0.2) is 0 Å². The SMILES string of the molecule is C#CCCCC(NCCC)C1(OCC)CCOCC1. The molecule has 0 amide bonds. The van der Waals surface area contributed by atoms with Gasteiger partial charge in [0.2, 0.25) is 0 Å². The van der Waals surface area contributed by atoms with E-state index in [2.05, 4.69) is 25.1 Å². The Kier molecular flexibility index (Phi) is 8.13. The second-order valence-electron chi connectivity index (χ2n) is 5.21. The lowest BCUT2D eigenvalue weighted by Crippen LogP contribution is -2.55. The molecule has 0 aromatic carbocycles. The van der Waals surface area contributed by atoms with Crippen LogP contribution in [-0.4, -0.2) is 38.0 Å². The fourth-order valence-corrected chi connectivity index (χ4v) is 2.88. The molecular weight excluding hydrogens is 238 g/mol. The Morgan fingerprint density at radius 1 is 1.37 bits per heavy atom. The Bertz CT molecular complexity index is 261. The third-order valence-corrected chi connectivity index (χ3v) is 3.86. The van der Waals surface area contributed by atoms with Gasteiger partial charge in [-0.15, -0.1) is 12.3 Å². The van der Waals surface area contributed by atoms with Crippen molar-refractivity contribution in [3.05, 3.63) is 0 Å². The summed E-state index contributed by atoms with van der Waals surface area (Å²) in [6.07, 6.45) is 11.5. The van der Waals surface area contributed by atoms with Crippen LogP contribution < -0.4 is 5.32 Å². The molecule has 3 heteroatoms. The zero-order valence-corrected chi connectivity index (χ0v) is 12.5. The zero-order chi connectivity index (χ0) is 14.0. The van der Waals surface area contributed by atoms with Crippen LogP contribution >= 0.6 is 0 Å². The first kappa shape index (κ1) is 16.5. The van der Waals surface area contributed by atoms with Crippen LogP contribution in [0.1, 0.15) is 52.4 Å². The third kappa shape index (κ3) is 5.14. The van der Waals surface area contributed by atoms with Crippen LogP contribution in [0.25, 0.3) is 0 Å². The van der Waals surface area contributed by atoms with Crippen LogP contribution in [0, 0.1) is 12.3 Å². The molecule has 1 unspecified atom stereocenters. The minimum Gasteiger partial charge on any atom is -0.381 e. The standard InChI is InChI=1S/C16H29NO2/c1-4-7-8-9-15(17-12-5-2)16(19-6-3)10-13-18-14-11-16/h1,15,17H,5-14H2,2-3H3. The predicted molar refractivity (Wildman–Crippen MR) is 79.2 cm³/mol. The average molecular weight is 267 g/mol. The maximum atomic E-state index is 6.17. The van der Waals surface area contributed by atoms with Crippen LogP contribution in [0.5, 0.6) is 0 Å². The largest absolute Gasteiger partial charge is 0.381 e. The smallest absolute Gasteiger partial charge is 0.0878 e. The average Bonchev–Trinajstić information content (AvgIpc) is 2.44. The molecule has 0 aliphatic carbocycles. The number of rotatable bonds is 9. The van der Waals surface area contributed by atoms with Crippen LogP contribution in [0.3, 0.4) is 0 Å². The number of hydrogen-bond acceptors (Lipinski definition) is 3. The van der Waals surface area contributed by atoms with Crippen molar-refractivity contribution in [2.45, 2.75) is 64.0 Å². The number of terminal acetylenes is 1. The van der Waals surface area contributed by atoms with Gasteiger partial charge in [0.25, 0.3) is 0 Å². The quantitative estimate of drug-likeness (QED) is 0.515. The highest BCUT2D eigenvalue weighted by atomic mass is 16.5. The number of ether oxygens (including phenoxy) is 2. The molecule has 1 rings (SSSR count). The molecule has 19 heavy (non-hydrogen) atoms. The summed E-state index contributed by atoms with van der Waals surface area (Å²) in [5.74, 6) is 2.73. The molecule has 1 saturated heterocycles. The summed E-state index contributed by atoms with van der Waals surface area (Å²) >= 11 is 0. The molecule has 1 heterocycles. The van der Waals surface area contributed by atoms with Crippen molar-refractivity contribution in [2.24, 2.45) is 0 Å². The van der Waals surface area contributed by atoms with Crippen molar-refractivity contribution >= 4 is 0 Å². The van der Waals surface area contributed by atoms with E-state index in [1.54, 1.807) is 0 Å². The minimum absolute atomic E-state index is 0.0588. The Hall–Kier alpha value is -0.560. The molecule has 0 saturated carbocycles. The lowest BCUT2D eigenvalue weighted by atomic mass is 9.83. The summed E-state index contributed by atoms with van der Waals surface area (Å²) < 4.78 is 11.7. The molecule has 1 aliphatic rings. The highest BCUT2D eigenvalue weighted by Gasteiger charge is 2.40. The van der Waals surface area contributed by atoms with Crippen molar-refractivity contribution < 1.29 is 9.47 Å². The van der Waals surface area contributed by atoms with Gasteiger partial charge in [-0.25, -0.2) is 0 Å². The van der Waals surface area contributed by atoms with E-state index in [0.29, 0.717) is 6.04 Å². The maximum absolute atomic E-state index is 6.17. The van der Waals surface area contributed by atoms with E-state index >= 15 is 0 Å². The molecule has 1 N–H and O–H groups in total. The van der Waals surface area contributed by atoms with E-state index < -0.39 is 0 Å². The van der Waals surface area contributed by atoms with Crippen molar-refractivity contribution in [3.8, 4) is 12.3 Å². The van der Waals surface area contributed by atoms with Gasteiger partial charge in [-0.3, -0.25) is 0 Å². The van der Waals surface area contributed by atoms with Gasteiger partial charge >= 0.3 is 0 Å². The topological polar surface area (TPSA) is 30.5 Å². The lowest BCUT2D eigenvalue weighted by molar-refractivity contribution is -0.128. The molecule has 1 atom stereocenters. The fourth-order valence-electron chi connectivity index (χ4n) is 2.88. The molecular formula is C16H29NO2. The summed E-state index contributed by atoms with van der Waals surface area (Å²) in [5.41, 5.74) is -0.0588. The summed E-state index contributed by atoms with van der Waals surface area (Å²) in [6, 6.07) is 0.393. The van der Waals surface area contributed by atoms with E-state index in [4.69, 9.17) is 15.9 Å². The second-order valence-corrected chi connectivity index (χ2v) is 5.21. The molecule has 0 spiro atoms.